The summed E-state index contributed by atoms with van der Waals surface area (Å²) in [4.78, 5) is 36.5. The van der Waals surface area contributed by atoms with Gasteiger partial charge in [-0.25, -0.2) is 0 Å². The Morgan fingerprint density at radius 1 is 0.875 bits per heavy atom. The molecule has 0 bridgehead atoms. The summed E-state index contributed by atoms with van der Waals surface area (Å²) in [5.41, 5.74) is 1.17. The third-order valence-electron chi connectivity index (χ3n) is 7.64. The van der Waals surface area contributed by atoms with Crippen LogP contribution in [0.15, 0.2) is 78.5 Å². The van der Waals surface area contributed by atoms with Crippen molar-refractivity contribution < 1.29 is 39.2 Å². The number of allylic oxidation sites excluding steroid dienone is 10. The summed E-state index contributed by atoms with van der Waals surface area (Å²) >= 11 is 0. The van der Waals surface area contributed by atoms with Crippen LogP contribution in [0.2, 0.25) is 0 Å². The van der Waals surface area contributed by atoms with Gasteiger partial charge in [0.05, 0.1) is 32.2 Å². The Labute approximate surface area is 287 Å². The molecule has 0 aromatic heterocycles. The fourth-order valence-electron chi connectivity index (χ4n) is 4.59. The van der Waals surface area contributed by atoms with E-state index in [0.717, 1.165) is 44.1 Å². The maximum Gasteiger partial charge on any atom is 0.305 e. The summed E-state index contributed by atoms with van der Waals surface area (Å²) in [5.74, 6) is -2.89. The second kappa shape index (κ2) is 25.0. The lowest BCUT2D eigenvalue weighted by Gasteiger charge is -2.32. The average Bonchev–Trinajstić information content (AvgIpc) is 3.03. The molecule has 9 heteroatoms. The predicted octanol–water partition coefficient (Wildman–Crippen LogP) is 7.75. The number of carbonyl (C=O) groups is 3. The minimum atomic E-state index is -1.02. The van der Waals surface area contributed by atoms with Gasteiger partial charge >= 0.3 is 11.9 Å². The molecular weight excluding hydrogens is 610 g/mol. The molecule has 9 nitrogen and oxygen atoms in total. The van der Waals surface area contributed by atoms with E-state index >= 15 is 0 Å². The lowest BCUT2D eigenvalue weighted by molar-refractivity contribution is -0.151. The highest BCUT2D eigenvalue weighted by atomic mass is 16.5. The van der Waals surface area contributed by atoms with E-state index in [1.165, 1.54) is 17.7 Å². The molecule has 0 aliphatic heterocycles. The number of ether oxygens (including phenoxy) is 2. The van der Waals surface area contributed by atoms with Gasteiger partial charge in [0.15, 0.2) is 11.5 Å². The van der Waals surface area contributed by atoms with Crippen LogP contribution in [0.25, 0.3) is 0 Å². The Balaban J connectivity index is 2.48. The lowest BCUT2D eigenvalue weighted by Crippen LogP contribution is -2.45. The average molecular weight is 668 g/mol. The van der Waals surface area contributed by atoms with Crippen molar-refractivity contribution in [3.63, 3.8) is 0 Å². The van der Waals surface area contributed by atoms with E-state index in [1.807, 2.05) is 13.8 Å². The minimum absolute atomic E-state index is 0.00129. The fourth-order valence-corrected chi connectivity index (χ4v) is 4.59. The first kappa shape index (κ1) is 41.9. The van der Waals surface area contributed by atoms with Gasteiger partial charge in [-0.15, -0.1) is 0 Å². The lowest BCUT2D eigenvalue weighted by atomic mass is 9.79. The first-order valence-electron chi connectivity index (χ1n) is 17.0. The van der Waals surface area contributed by atoms with Gasteiger partial charge in [0.25, 0.3) is 0 Å². The standard InChI is InChI=1S/C39H57NO8/c1-5-6-7-8-9-10-11-12-13-14-15-16-17-19-31(2)20-18-21-37(45)48-30-39(3,4)33(38(46)40-26-24-36(43)44)29-47-27-25-32-22-23-34(41)35(42)28-32/h6-7,9-10,12-13,15-16,19,22-23,28,33,41-42H,5,8,11,14,17-18,20-21,24-27,29-30H2,1-4H3,(H,40,46)(H,43,44). The number of benzene rings is 1. The van der Waals surface area contributed by atoms with E-state index in [4.69, 9.17) is 14.6 Å². The SMILES string of the molecule is CCC=CCC=CCC=CCC=CCC=C(C)CCCC(=O)OCC(C)(C)C(COCCc1ccc(O)c(O)c1)C(=O)NCCC(=O)O. The van der Waals surface area contributed by atoms with Gasteiger partial charge in [0.2, 0.25) is 5.91 Å². The molecule has 1 aromatic carbocycles. The number of rotatable bonds is 25. The molecule has 1 atom stereocenters. The Morgan fingerprint density at radius 2 is 1.50 bits per heavy atom. The number of carbonyl (C=O) groups excluding carboxylic acids is 2. The first-order valence-corrected chi connectivity index (χ1v) is 17.0. The van der Waals surface area contributed by atoms with E-state index in [-0.39, 0.29) is 62.6 Å². The van der Waals surface area contributed by atoms with Crippen molar-refractivity contribution in [2.45, 2.75) is 91.9 Å². The molecule has 1 amide bonds. The Hall–Kier alpha value is -4.11. The number of nitrogens with one attached hydrogen (secondary N) is 1. The highest BCUT2D eigenvalue weighted by Gasteiger charge is 2.36. The molecular formula is C39H57NO8. The number of aromatic hydroxyl groups is 2. The highest BCUT2D eigenvalue weighted by Crippen LogP contribution is 2.29. The van der Waals surface area contributed by atoms with Crippen LogP contribution in [0.5, 0.6) is 11.5 Å². The Bertz CT molecular complexity index is 1260. The number of esters is 1. The van der Waals surface area contributed by atoms with E-state index in [0.29, 0.717) is 12.8 Å². The number of carboxylic acid groups (broad SMARTS) is 1. The summed E-state index contributed by atoms with van der Waals surface area (Å²) in [6.45, 7) is 8.05. The second-order valence-electron chi connectivity index (χ2n) is 12.4. The molecule has 0 spiro atoms. The topological polar surface area (TPSA) is 142 Å². The Morgan fingerprint density at radius 3 is 2.10 bits per heavy atom. The van der Waals surface area contributed by atoms with Crippen LogP contribution in [0.3, 0.4) is 0 Å². The Kier molecular flexibility index (Phi) is 21.8. The number of phenols is 2. The molecule has 1 aromatic rings. The summed E-state index contributed by atoms with van der Waals surface area (Å²) < 4.78 is 11.4. The van der Waals surface area contributed by atoms with Crippen LogP contribution in [-0.4, -0.2) is 59.5 Å². The molecule has 0 fully saturated rings. The van der Waals surface area contributed by atoms with Crippen LogP contribution in [-0.2, 0) is 30.3 Å². The molecule has 4 N–H and O–H groups in total. The maximum atomic E-state index is 13.0. The van der Waals surface area contributed by atoms with Crippen molar-refractivity contribution >= 4 is 17.8 Å². The number of hydrogen-bond donors (Lipinski definition) is 4. The molecule has 1 rings (SSSR count). The molecule has 48 heavy (non-hydrogen) atoms. The minimum Gasteiger partial charge on any atom is -0.504 e. The second-order valence-corrected chi connectivity index (χ2v) is 12.4. The zero-order chi connectivity index (χ0) is 35.6. The number of phenolic OH excluding ortho intramolecular Hbond substituents is 2. The molecule has 0 saturated heterocycles. The molecule has 0 aliphatic rings. The van der Waals surface area contributed by atoms with Gasteiger partial charge in [0.1, 0.15) is 0 Å². The highest BCUT2D eigenvalue weighted by molar-refractivity contribution is 5.80. The van der Waals surface area contributed by atoms with Crippen LogP contribution in [0.1, 0.15) is 91.0 Å². The zero-order valence-electron chi connectivity index (χ0n) is 29.3. The van der Waals surface area contributed by atoms with Crippen LogP contribution in [0, 0.1) is 11.3 Å². The summed E-state index contributed by atoms with van der Waals surface area (Å²) in [5, 5.41) is 30.8. The van der Waals surface area contributed by atoms with Crippen molar-refractivity contribution in [2.24, 2.45) is 11.3 Å². The molecule has 266 valence electrons. The maximum absolute atomic E-state index is 13.0. The summed E-state index contributed by atoms with van der Waals surface area (Å²) in [6.07, 6.45) is 26.2. The largest absolute Gasteiger partial charge is 0.504 e. The normalized spacial score (nSPS) is 13.2. The third kappa shape index (κ3) is 20.2. The fraction of sp³-hybridized carbons (Fsp3) is 0.513. The molecule has 0 radical (unpaired) electrons. The van der Waals surface area contributed by atoms with Crippen LogP contribution < -0.4 is 5.32 Å². The summed E-state index contributed by atoms with van der Waals surface area (Å²) in [6, 6.07) is 4.51. The number of hydrogen-bond acceptors (Lipinski definition) is 7. The van der Waals surface area contributed by atoms with E-state index in [2.05, 4.69) is 73.8 Å². The quantitative estimate of drug-likeness (QED) is 0.0359. The number of carboxylic acids is 1. The van der Waals surface area contributed by atoms with Crippen molar-refractivity contribution in [3.05, 3.63) is 84.0 Å². The number of amides is 1. The zero-order valence-corrected chi connectivity index (χ0v) is 29.3. The van der Waals surface area contributed by atoms with Crippen LogP contribution >= 0.6 is 0 Å². The predicted molar refractivity (Wildman–Crippen MR) is 191 cm³/mol. The number of aliphatic carboxylic acids is 1. The van der Waals surface area contributed by atoms with Crippen molar-refractivity contribution in [1.82, 2.24) is 5.32 Å². The molecule has 0 saturated carbocycles. The van der Waals surface area contributed by atoms with Gasteiger partial charge in [-0.1, -0.05) is 87.1 Å². The smallest absolute Gasteiger partial charge is 0.305 e. The van der Waals surface area contributed by atoms with E-state index < -0.39 is 17.3 Å². The van der Waals surface area contributed by atoms with Crippen LogP contribution in [0.4, 0.5) is 0 Å². The molecule has 0 heterocycles. The van der Waals surface area contributed by atoms with E-state index in [9.17, 15) is 24.6 Å². The molecule has 1 unspecified atom stereocenters. The summed E-state index contributed by atoms with van der Waals surface area (Å²) in [7, 11) is 0. The van der Waals surface area contributed by atoms with Gasteiger partial charge in [-0.05, 0) is 76.0 Å². The van der Waals surface area contributed by atoms with Crippen molar-refractivity contribution in [3.8, 4) is 11.5 Å². The monoisotopic (exact) mass is 667 g/mol. The van der Waals surface area contributed by atoms with Gasteiger partial charge < -0.3 is 30.1 Å². The third-order valence-corrected chi connectivity index (χ3v) is 7.64. The van der Waals surface area contributed by atoms with Crippen molar-refractivity contribution in [2.75, 3.05) is 26.4 Å². The van der Waals surface area contributed by atoms with Gasteiger partial charge in [-0.3, -0.25) is 14.4 Å². The van der Waals surface area contributed by atoms with E-state index in [1.54, 1.807) is 6.07 Å². The first-order chi connectivity index (χ1) is 23.0. The molecule has 0 aliphatic carbocycles. The van der Waals surface area contributed by atoms with Gasteiger partial charge in [0, 0.05) is 18.4 Å². The van der Waals surface area contributed by atoms with Gasteiger partial charge in [-0.2, -0.15) is 0 Å². The van der Waals surface area contributed by atoms with Crippen molar-refractivity contribution in [1.29, 1.82) is 0 Å².